The third kappa shape index (κ3) is 3.01. The molecular weight excluding hydrogens is 298 g/mol. The molecule has 9 heteroatoms. The zero-order valence-electron chi connectivity index (χ0n) is 11.0. The number of hydrogen-bond donors (Lipinski definition) is 1. The first-order valence-electron chi connectivity index (χ1n) is 6.29. The van der Waals surface area contributed by atoms with Crippen molar-refractivity contribution in [2.75, 3.05) is 17.6 Å². The third-order valence-corrected chi connectivity index (χ3v) is 4.85. The minimum absolute atomic E-state index is 0.136. The molecule has 1 atom stereocenters. The van der Waals surface area contributed by atoms with Crippen LogP contribution in [0, 0.1) is 0 Å². The SMILES string of the molecule is CC1(CNc2nc(Cl)nc(-n3cncn3)n2)CCCS1. The second kappa shape index (κ2) is 5.53. The fourth-order valence-electron chi connectivity index (χ4n) is 2.07. The molecule has 106 valence electrons. The van der Waals surface area contributed by atoms with Crippen LogP contribution in [0.2, 0.25) is 5.28 Å². The number of rotatable bonds is 4. The molecule has 3 heterocycles. The van der Waals surface area contributed by atoms with Gasteiger partial charge in [0.05, 0.1) is 0 Å². The van der Waals surface area contributed by atoms with Crippen LogP contribution in [0.4, 0.5) is 5.95 Å². The van der Waals surface area contributed by atoms with Gasteiger partial charge in [0, 0.05) is 11.3 Å². The van der Waals surface area contributed by atoms with Gasteiger partial charge in [0.1, 0.15) is 12.7 Å². The summed E-state index contributed by atoms with van der Waals surface area (Å²) in [6.45, 7) is 3.05. The molecule has 0 bridgehead atoms. The summed E-state index contributed by atoms with van der Waals surface area (Å²) in [5.41, 5.74) is 0. The molecule has 2 aromatic heterocycles. The molecule has 0 amide bonds. The average molecular weight is 312 g/mol. The van der Waals surface area contributed by atoms with Crippen LogP contribution in [0.1, 0.15) is 19.8 Å². The fourth-order valence-corrected chi connectivity index (χ4v) is 3.47. The molecule has 0 spiro atoms. The van der Waals surface area contributed by atoms with Crippen LogP contribution in [-0.2, 0) is 0 Å². The first kappa shape index (κ1) is 13.6. The molecule has 3 rings (SSSR count). The zero-order chi connectivity index (χ0) is 14.0. The molecule has 20 heavy (non-hydrogen) atoms. The van der Waals surface area contributed by atoms with Gasteiger partial charge in [-0.15, -0.1) is 0 Å². The van der Waals surface area contributed by atoms with Crippen molar-refractivity contribution in [3.05, 3.63) is 17.9 Å². The molecule has 7 nitrogen and oxygen atoms in total. The highest BCUT2D eigenvalue weighted by atomic mass is 35.5. The van der Waals surface area contributed by atoms with Gasteiger partial charge in [-0.1, -0.05) is 0 Å². The monoisotopic (exact) mass is 311 g/mol. The van der Waals surface area contributed by atoms with Crippen molar-refractivity contribution in [2.45, 2.75) is 24.5 Å². The molecule has 0 aliphatic carbocycles. The average Bonchev–Trinajstić information content (AvgIpc) is 3.08. The van der Waals surface area contributed by atoms with E-state index in [9.17, 15) is 0 Å². The molecule has 2 aromatic rings. The quantitative estimate of drug-likeness (QED) is 0.922. The highest BCUT2D eigenvalue weighted by Crippen LogP contribution is 2.37. The lowest BCUT2D eigenvalue weighted by Crippen LogP contribution is -2.28. The maximum absolute atomic E-state index is 5.93. The van der Waals surface area contributed by atoms with Crippen molar-refractivity contribution < 1.29 is 0 Å². The second-order valence-corrected chi connectivity index (χ2v) is 6.84. The lowest BCUT2D eigenvalue weighted by molar-refractivity contribution is 0.631. The smallest absolute Gasteiger partial charge is 0.258 e. The maximum Gasteiger partial charge on any atom is 0.258 e. The lowest BCUT2D eigenvalue weighted by atomic mass is 10.1. The zero-order valence-corrected chi connectivity index (χ0v) is 12.5. The number of aromatic nitrogens is 6. The summed E-state index contributed by atoms with van der Waals surface area (Å²) in [7, 11) is 0. The van der Waals surface area contributed by atoms with E-state index in [4.69, 9.17) is 11.6 Å². The molecule has 1 unspecified atom stereocenters. The Hall–Kier alpha value is -1.41. The van der Waals surface area contributed by atoms with E-state index < -0.39 is 0 Å². The van der Waals surface area contributed by atoms with Gasteiger partial charge in [0.25, 0.3) is 5.95 Å². The Morgan fingerprint density at radius 2 is 2.35 bits per heavy atom. The minimum atomic E-state index is 0.136. The Morgan fingerprint density at radius 3 is 3.05 bits per heavy atom. The first-order chi connectivity index (χ1) is 9.65. The summed E-state index contributed by atoms with van der Waals surface area (Å²) in [5.74, 6) is 2.03. The van der Waals surface area contributed by atoms with E-state index in [1.54, 1.807) is 0 Å². The van der Waals surface area contributed by atoms with Crippen LogP contribution >= 0.6 is 23.4 Å². The number of hydrogen-bond acceptors (Lipinski definition) is 7. The second-order valence-electron chi connectivity index (χ2n) is 4.82. The lowest BCUT2D eigenvalue weighted by Gasteiger charge is -2.22. The molecule has 1 fully saturated rings. The van der Waals surface area contributed by atoms with E-state index in [1.165, 1.54) is 35.9 Å². The first-order valence-corrected chi connectivity index (χ1v) is 7.65. The Labute approximate surface area is 125 Å². The number of nitrogens with zero attached hydrogens (tertiary/aromatic N) is 6. The summed E-state index contributed by atoms with van der Waals surface area (Å²) in [6.07, 6.45) is 5.38. The van der Waals surface area contributed by atoms with Crippen molar-refractivity contribution in [3.8, 4) is 5.95 Å². The third-order valence-electron chi connectivity index (χ3n) is 3.14. The molecule has 1 aliphatic rings. The van der Waals surface area contributed by atoms with Crippen LogP contribution in [0.5, 0.6) is 0 Å². The van der Waals surface area contributed by atoms with Gasteiger partial charge < -0.3 is 5.32 Å². The maximum atomic E-state index is 5.93. The van der Waals surface area contributed by atoms with Crippen LogP contribution in [0.15, 0.2) is 12.7 Å². The molecule has 1 aliphatic heterocycles. The van der Waals surface area contributed by atoms with E-state index in [0.29, 0.717) is 11.9 Å². The summed E-state index contributed by atoms with van der Waals surface area (Å²) in [5, 5.41) is 7.36. The van der Waals surface area contributed by atoms with Gasteiger partial charge in [-0.05, 0) is 37.1 Å². The van der Waals surface area contributed by atoms with Gasteiger partial charge in [-0.3, -0.25) is 0 Å². The highest BCUT2D eigenvalue weighted by molar-refractivity contribution is 8.00. The van der Waals surface area contributed by atoms with Crippen molar-refractivity contribution in [1.82, 2.24) is 29.7 Å². The Morgan fingerprint density at radius 1 is 1.45 bits per heavy atom. The summed E-state index contributed by atoms with van der Waals surface area (Å²) < 4.78 is 1.68. The van der Waals surface area contributed by atoms with E-state index in [1.807, 2.05) is 11.8 Å². The van der Waals surface area contributed by atoms with Crippen molar-refractivity contribution in [3.63, 3.8) is 0 Å². The highest BCUT2D eigenvalue weighted by Gasteiger charge is 2.29. The number of halogens is 1. The van der Waals surface area contributed by atoms with Crippen LogP contribution in [-0.4, -0.2) is 46.8 Å². The standard InChI is InChI=1S/C11H14ClN7S/c1-11(3-2-4-20-11)5-14-9-16-8(12)17-10(18-9)19-7-13-6-15-19/h6-7H,2-5H2,1H3,(H,14,16,17,18). The van der Waals surface area contributed by atoms with E-state index in [0.717, 1.165) is 6.54 Å². The normalized spacial score (nSPS) is 22.1. The Bertz CT molecular complexity index is 582. The summed E-state index contributed by atoms with van der Waals surface area (Å²) in [6, 6.07) is 0. The van der Waals surface area contributed by atoms with E-state index >= 15 is 0 Å². The van der Waals surface area contributed by atoms with Crippen molar-refractivity contribution in [2.24, 2.45) is 0 Å². The van der Waals surface area contributed by atoms with Crippen LogP contribution in [0.25, 0.3) is 5.95 Å². The van der Waals surface area contributed by atoms with Crippen molar-refractivity contribution in [1.29, 1.82) is 0 Å². The largest absolute Gasteiger partial charge is 0.353 e. The van der Waals surface area contributed by atoms with Gasteiger partial charge >= 0.3 is 0 Å². The summed E-state index contributed by atoms with van der Waals surface area (Å²) in [4.78, 5) is 16.3. The van der Waals surface area contributed by atoms with E-state index in [-0.39, 0.29) is 10.0 Å². The number of thioether (sulfide) groups is 1. The molecule has 1 N–H and O–H groups in total. The molecule has 0 saturated carbocycles. The molecular formula is C11H14ClN7S. The van der Waals surface area contributed by atoms with Crippen LogP contribution in [0.3, 0.4) is 0 Å². The molecule has 1 saturated heterocycles. The predicted octanol–water partition coefficient (Wildman–Crippen LogP) is 1.80. The number of anilines is 1. The minimum Gasteiger partial charge on any atom is -0.353 e. The topological polar surface area (TPSA) is 81.4 Å². The van der Waals surface area contributed by atoms with Crippen molar-refractivity contribution >= 4 is 29.3 Å². The Kier molecular flexibility index (Phi) is 3.75. The van der Waals surface area contributed by atoms with Gasteiger partial charge in [0.2, 0.25) is 11.2 Å². The van der Waals surface area contributed by atoms with Crippen LogP contribution < -0.4 is 5.32 Å². The van der Waals surface area contributed by atoms with Gasteiger partial charge in [-0.25, -0.2) is 4.98 Å². The van der Waals surface area contributed by atoms with Gasteiger partial charge in [-0.2, -0.15) is 36.5 Å². The van der Waals surface area contributed by atoms with Gasteiger partial charge in [0.15, 0.2) is 0 Å². The predicted molar refractivity (Wildman–Crippen MR) is 78.3 cm³/mol. The molecule has 0 radical (unpaired) electrons. The summed E-state index contributed by atoms with van der Waals surface area (Å²) >= 11 is 7.90. The Balaban J connectivity index is 1.76. The number of nitrogens with one attached hydrogen (secondary N) is 1. The molecule has 0 aromatic carbocycles. The van der Waals surface area contributed by atoms with E-state index in [2.05, 4.69) is 37.3 Å². The fraction of sp³-hybridized carbons (Fsp3) is 0.545.